The van der Waals surface area contributed by atoms with Crippen molar-refractivity contribution in [3.63, 3.8) is 0 Å². The van der Waals surface area contributed by atoms with Crippen molar-refractivity contribution in [3.05, 3.63) is 59.7 Å². The van der Waals surface area contributed by atoms with Gasteiger partial charge in [-0.05, 0) is 31.5 Å². The standard InChI is InChI=1S/C18H18FN3O4S/c1-3-25-11-13-7-4-5-8-14(13)17-15(9-6-10-20-17)27(23,24)22-18-16(19)12(2)26-21-18/h4-10H,3,11H2,1-2H3,(H,21,22). The molecular weight excluding hydrogens is 373 g/mol. The fourth-order valence-corrected chi connectivity index (χ4v) is 3.67. The van der Waals surface area contributed by atoms with E-state index in [2.05, 4.69) is 19.4 Å². The predicted octanol–water partition coefficient (Wildman–Crippen LogP) is 3.52. The molecule has 7 nitrogen and oxygen atoms in total. The molecule has 0 aliphatic rings. The first-order chi connectivity index (χ1) is 12.9. The number of aromatic nitrogens is 2. The van der Waals surface area contributed by atoms with E-state index < -0.39 is 21.7 Å². The van der Waals surface area contributed by atoms with Crippen LogP contribution in [0.25, 0.3) is 11.3 Å². The largest absolute Gasteiger partial charge is 0.377 e. The summed E-state index contributed by atoms with van der Waals surface area (Å²) in [5.41, 5.74) is 1.64. The molecule has 0 aliphatic carbocycles. The Morgan fingerprint density at radius 1 is 1.22 bits per heavy atom. The van der Waals surface area contributed by atoms with Gasteiger partial charge in [0.2, 0.25) is 11.6 Å². The fraction of sp³-hybridized carbons (Fsp3) is 0.222. The van der Waals surface area contributed by atoms with Crippen LogP contribution < -0.4 is 4.72 Å². The van der Waals surface area contributed by atoms with E-state index in [0.717, 1.165) is 5.56 Å². The van der Waals surface area contributed by atoms with Crippen molar-refractivity contribution in [2.45, 2.75) is 25.3 Å². The van der Waals surface area contributed by atoms with Crippen molar-refractivity contribution in [3.8, 4) is 11.3 Å². The molecule has 0 aliphatic heterocycles. The third-order valence-corrected chi connectivity index (χ3v) is 5.19. The number of nitrogens with one attached hydrogen (secondary N) is 1. The van der Waals surface area contributed by atoms with Crippen molar-refractivity contribution >= 4 is 15.8 Å². The summed E-state index contributed by atoms with van der Waals surface area (Å²) >= 11 is 0. The zero-order chi connectivity index (χ0) is 19.4. The highest BCUT2D eigenvalue weighted by Gasteiger charge is 2.25. The number of halogens is 1. The van der Waals surface area contributed by atoms with Crippen LogP contribution in [0, 0.1) is 12.7 Å². The van der Waals surface area contributed by atoms with Crippen LogP contribution in [0.2, 0.25) is 0 Å². The van der Waals surface area contributed by atoms with Crippen molar-refractivity contribution in [2.75, 3.05) is 11.3 Å². The third kappa shape index (κ3) is 3.99. The number of pyridine rings is 1. The number of sulfonamides is 1. The smallest absolute Gasteiger partial charge is 0.265 e. The predicted molar refractivity (Wildman–Crippen MR) is 97.0 cm³/mol. The van der Waals surface area contributed by atoms with Crippen molar-refractivity contribution < 1.29 is 22.1 Å². The zero-order valence-electron chi connectivity index (χ0n) is 14.8. The van der Waals surface area contributed by atoms with Gasteiger partial charge in [-0.25, -0.2) is 8.42 Å². The first-order valence-electron chi connectivity index (χ1n) is 8.19. The van der Waals surface area contributed by atoms with Crippen molar-refractivity contribution in [1.82, 2.24) is 10.1 Å². The Balaban J connectivity index is 2.06. The Kier molecular flexibility index (Phi) is 5.52. The van der Waals surface area contributed by atoms with E-state index in [0.29, 0.717) is 18.8 Å². The van der Waals surface area contributed by atoms with E-state index in [1.54, 1.807) is 12.1 Å². The van der Waals surface area contributed by atoms with Crippen LogP contribution in [0.1, 0.15) is 18.2 Å². The summed E-state index contributed by atoms with van der Waals surface area (Å²) in [6, 6.07) is 10.1. The lowest BCUT2D eigenvalue weighted by Gasteiger charge is -2.13. The Hall–Kier alpha value is -2.78. The topological polar surface area (TPSA) is 94.3 Å². The Morgan fingerprint density at radius 2 is 2.00 bits per heavy atom. The van der Waals surface area contributed by atoms with Crippen LogP contribution in [0.3, 0.4) is 0 Å². The van der Waals surface area contributed by atoms with Crippen LogP contribution in [-0.4, -0.2) is 25.2 Å². The molecule has 0 unspecified atom stereocenters. The molecule has 9 heteroatoms. The summed E-state index contributed by atoms with van der Waals surface area (Å²) < 4.78 is 51.9. The molecule has 27 heavy (non-hydrogen) atoms. The Bertz CT molecular complexity index is 1050. The number of rotatable bonds is 7. The molecule has 142 valence electrons. The van der Waals surface area contributed by atoms with Crippen LogP contribution in [0.5, 0.6) is 0 Å². The quantitative estimate of drug-likeness (QED) is 0.662. The number of nitrogens with zero attached hydrogens (tertiary/aromatic N) is 2. The second-order valence-corrected chi connectivity index (χ2v) is 7.30. The van der Waals surface area contributed by atoms with Gasteiger partial charge in [-0.2, -0.15) is 4.39 Å². The van der Waals surface area contributed by atoms with Crippen LogP contribution in [0.15, 0.2) is 52.0 Å². The van der Waals surface area contributed by atoms with E-state index in [-0.39, 0.29) is 16.3 Å². The number of anilines is 1. The minimum atomic E-state index is -4.15. The molecule has 3 aromatic rings. The van der Waals surface area contributed by atoms with Gasteiger partial charge >= 0.3 is 0 Å². The minimum Gasteiger partial charge on any atom is -0.377 e. The summed E-state index contributed by atoms with van der Waals surface area (Å²) in [7, 11) is -4.15. The number of aryl methyl sites for hydroxylation is 1. The van der Waals surface area contributed by atoms with Crippen LogP contribution in [0.4, 0.5) is 10.2 Å². The third-order valence-electron chi connectivity index (χ3n) is 3.82. The molecule has 0 radical (unpaired) electrons. The number of hydrogen-bond donors (Lipinski definition) is 1. The Morgan fingerprint density at radius 3 is 2.70 bits per heavy atom. The van der Waals surface area contributed by atoms with Gasteiger partial charge in [0.25, 0.3) is 10.0 Å². The molecule has 0 bridgehead atoms. The van der Waals surface area contributed by atoms with Gasteiger partial charge in [0.15, 0.2) is 5.76 Å². The molecule has 2 heterocycles. The van der Waals surface area contributed by atoms with Gasteiger partial charge in [-0.15, -0.1) is 0 Å². The first-order valence-corrected chi connectivity index (χ1v) is 9.68. The van der Waals surface area contributed by atoms with Gasteiger partial charge in [0.05, 0.1) is 12.3 Å². The average Bonchev–Trinajstić information content (AvgIpc) is 2.98. The first kappa shape index (κ1) is 19.0. The van der Waals surface area contributed by atoms with Crippen molar-refractivity contribution in [2.24, 2.45) is 0 Å². The lowest BCUT2D eigenvalue weighted by molar-refractivity contribution is 0.134. The molecule has 0 spiro atoms. The van der Waals surface area contributed by atoms with E-state index in [9.17, 15) is 12.8 Å². The maximum Gasteiger partial charge on any atom is 0.265 e. The van der Waals surface area contributed by atoms with Crippen molar-refractivity contribution in [1.29, 1.82) is 0 Å². The second kappa shape index (κ2) is 7.85. The molecular formula is C18H18FN3O4S. The molecule has 0 atom stereocenters. The average molecular weight is 391 g/mol. The highest BCUT2D eigenvalue weighted by Crippen LogP contribution is 2.30. The second-order valence-electron chi connectivity index (χ2n) is 5.65. The molecule has 1 N–H and O–H groups in total. The van der Waals surface area contributed by atoms with Crippen LogP contribution >= 0.6 is 0 Å². The highest BCUT2D eigenvalue weighted by molar-refractivity contribution is 7.92. The number of hydrogen-bond acceptors (Lipinski definition) is 6. The van der Waals surface area contributed by atoms with E-state index in [4.69, 9.17) is 4.74 Å². The molecule has 1 aromatic carbocycles. The van der Waals surface area contributed by atoms with Gasteiger partial charge in [-0.3, -0.25) is 9.71 Å². The molecule has 0 fully saturated rings. The summed E-state index contributed by atoms with van der Waals surface area (Å²) in [6.45, 7) is 4.05. The van der Waals surface area contributed by atoms with Gasteiger partial charge < -0.3 is 9.26 Å². The summed E-state index contributed by atoms with van der Waals surface area (Å²) in [5.74, 6) is -1.47. The fourth-order valence-electron chi connectivity index (χ4n) is 2.51. The number of ether oxygens (including phenoxy) is 1. The van der Waals surface area contributed by atoms with E-state index in [1.165, 1.54) is 25.3 Å². The van der Waals surface area contributed by atoms with Gasteiger partial charge in [-0.1, -0.05) is 29.4 Å². The SMILES string of the molecule is CCOCc1ccccc1-c1ncccc1S(=O)(=O)Nc1noc(C)c1F. The van der Waals surface area contributed by atoms with Gasteiger partial charge in [0.1, 0.15) is 4.90 Å². The lowest BCUT2D eigenvalue weighted by Crippen LogP contribution is -2.16. The lowest BCUT2D eigenvalue weighted by atomic mass is 10.0. The zero-order valence-corrected chi connectivity index (χ0v) is 15.6. The molecule has 0 amide bonds. The minimum absolute atomic E-state index is 0.103. The normalized spacial score (nSPS) is 11.5. The maximum absolute atomic E-state index is 13.9. The van der Waals surface area contributed by atoms with E-state index in [1.807, 2.05) is 19.1 Å². The monoisotopic (exact) mass is 391 g/mol. The summed E-state index contributed by atoms with van der Waals surface area (Å²) in [6.07, 6.45) is 1.49. The Labute approximate surface area is 156 Å². The highest BCUT2D eigenvalue weighted by atomic mass is 32.2. The maximum atomic E-state index is 13.9. The molecule has 3 rings (SSSR count). The molecule has 0 saturated carbocycles. The van der Waals surface area contributed by atoms with Gasteiger partial charge in [0, 0.05) is 18.4 Å². The van der Waals surface area contributed by atoms with Crippen LogP contribution in [-0.2, 0) is 21.4 Å². The van der Waals surface area contributed by atoms with E-state index >= 15 is 0 Å². The summed E-state index contributed by atoms with van der Waals surface area (Å²) in [5, 5.41) is 3.41. The number of benzene rings is 1. The molecule has 2 aromatic heterocycles. The summed E-state index contributed by atoms with van der Waals surface area (Å²) in [4.78, 5) is 4.14. The molecule has 0 saturated heterocycles.